The number of aliphatic imine (C=N–C) groups is 1. The molecule has 0 bridgehead atoms. The third kappa shape index (κ3) is 9.46. The second kappa shape index (κ2) is 7.45. The fraction of sp³-hybridized carbons (Fsp3) is 0. The minimum Gasteiger partial charge on any atom is -0.370 e. The highest BCUT2D eigenvalue weighted by Gasteiger charge is 1.97. The molecular formula is C8H12N5O4+. The highest BCUT2D eigenvalue weighted by Crippen LogP contribution is 2.04. The van der Waals surface area contributed by atoms with E-state index in [2.05, 4.69) is 10.3 Å². The van der Waals surface area contributed by atoms with Crippen molar-refractivity contribution < 1.29 is 20.3 Å². The van der Waals surface area contributed by atoms with Gasteiger partial charge >= 0.3 is 11.1 Å². The summed E-state index contributed by atoms with van der Waals surface area (Å²) in [5, 5.41) is 15.0. The van der Waals surface area contributed by atoms with E-state index in [0.717, 1.165) is 0 Å². The van der Waals surface area contributed by atoms with Gasteiger partial charge < -0.3 is 16.8 Å². The van der Waals surface area contributed by atoms with Crippen molar-refractivity contribution in [3.63, 3.8) is 0 Å². The molecule has 1 aromatic carbocycles. The fourth-order valence-corrected chi connectivity index (χ4v) is 0.790. The van der Waals surface area contributed by atoms with Crippen molar-refractivity contribution in [3.8, 4) is 0 Å². The molecular weight excluding hydrogens is 230 g/mol. The number of anilines is 1. The van der Waals surface area contributed by atoms with Crippen molar-refractivity contribution in [3.05, 3.63) is 35.2 Å². The van der Waals surface area contributed by atoms with Crippen LogP contribution in [-0.4, -0.2) is 27.5 Å². The summed E-state index contributed by atoms with van der Waals surface area (Å²) < 4.78 is 0. The van der Waals surface area contributed by atoms with Crippen LogP contribution in [0.5, 0.6) is 0 Å². The molecule has 2 amide bonds. The van der Waals surface area contributed by atoms with E-state index in [4.69, 9.17) is 26.8 Å². The van der Waals surface area contributed by atoms with E-state index in [-0.39, 0.29) is 5.96 Å². The van der Waals surface area contributed by atoms with Gasteiger partial charge in [-0.05, 0) is 12.1 Å². The van der Waals surface area contributed by atoms with E-state index >= 15 is 0 Å². The van der Waals surface area contributed by atoms with E-state index in [1.165, 1.54) is 0 Å². The van der Waals surface area contributed by atoms with Crippen molar-refractivity contribution in [1.82, 2.24) is 0 Å². The minimum absolute atomic E-state index is 0.256. The average Bonchev–Trinajstić information content (AvgIpc) is 2.16. The number of carbonyl (C=O) groups is 1. The third-order valence-electron chi connectivity index (χ3n) is 1.26. The van der Waals surface area contributed by atoms with Crippen molar-refractivity contribution in [1.29, 1.82) is 0 Å². The second-order valence-electron chi connectivity index (χ2n) is 2.59. The molecule has 92 valence electrons. The summed E-state index contributed by atoms with van der Waals surface area (Å²) in [6.45, 7) is 0. The first-order chi connectivity index (χ1) is 7.91. The molecule has 7 N–H and O–H groups in total. The Kier molecular flexibility index (Phi) is 6.21. The normalized spacial score (nSPS) is 8.24. The number of rotatable bonds is 1. The third-order valence-corrected chi connectivity index (χ3v) is 1.26. The molecule has 0 fully saturated rings. The average molecular weight is 242 g/mol. The first kappa shape index (κ1) is 14.2. The van der Waals surface area contributed by atoms with Crippen LogP contribution in [-0.2, 0) is 0 Å². The zero-order chi connectivity index (χ0) is 13.3. The number of para-hydroxylation sites is 1. The predicted molar refractivity (Wildman–Crippen MR) is 58.5 cm³/mol. The largest absolute Gasteiger partial charge is 0.472 e. The van der Waals surface area contributed by atoms with Gasteiger partial charge in [-0.15, -0.1) is 0 Å². The van der Waals surface area contributed by atoms with Gasteiger partial charge in [0.2, 0.25) is 0 Å². The van der Waals surface area contributed by atoms with Crippen LogP contribution < -0.4 is 16.8 Å². The maximum atomic E-state index is 11.0. The molecule has 9 nitrogen and oxygen atoms in total. The Balaban J connectivity index is 0.000000557. The summed E-state index contributed by atoms with van der Waals surface area (Å²) in [6, 6.07) is 8.33. The van der Waals surface area contributed by atoms with Crippen LogP contribution in [0.1, 0.15) is 0 Å². The molecule has 0 atom stereocenters. The molecule has 0 aliphatic carbocycles. The van der Waals surface area contributed by atoms with E-state index in [1.807, 2.05) is 6.07 Å². The van der Waals surface area contributed by atoms with Crippen LogP contribution >= 0.6 is 0 Å². The van der Waals surface area contributed by atoms with Crippen molar-refractivity contribution in [2.75, 3.05) is 5.32 Å². The summed E-state index contributed by atoms with van der Waals surface area (Å²) in [7, 11) is 0. The molecule has 0 radical (unpaired) electrons. The number of amides is 2. The summed E-state index contributed by atoms with van der Waals surface area (Å²) in [4.78, 5) is 22.7. The van der Waals surface area contributed by atoms with Gasteiger partial charge in [-0.2, -0.15) is 4.99 Å². The van der Waals surface area contributed by atoms with Crippen LogP contribution in [0.25, 0.3) is 0 Å². The Morgan fingerprint density at radius 2 is 1.71 bits per heavy atom. The Labute approximate surface area is 95.9 Å². The molecule has 0 aliphatic heterocycles. The number of benzene rings is 1. The van der Waals surface area contributed by atoms with Gasteiger partial charge in [0.15, 0.2) is 5.96 Å². The molecule has 0 aromatic heterocycles. The summed E-state index contributed by atoms with van der Waals surface area (Å²) in [5.41, 5.74) is 10.7. The predicted octanol–water partition coefficient (Wildman–Crippen LogP) is 0.0356. The van der Waals surface area contributed by atoms with Gasteiger partial charge in [0.25, 0.3) is 0 Å². The van der Waals surface area contributed by atoms with E-state index < -0.39 is 11.1 Å². The van der Waals surface area contributed by atoms with Crippen LogP contribution in [0.2, 0.25) is 0 Å². The molecule has 0 unspecified atom stereocenters. The number of guanidine groups is 1. The molecule has 1 rings (SSSR count). The van der Waals surface area contributed by atoms with Gasteiger partial charge in [0, 0.05) is 5.69 Å². The zero-order valence-corrected chi connectivity index (χ0v) is 8.65. The maximum Gasteiger partial charge on any atom is 0.472 e. The first-order valence-corrected chi connectivity index (χ1v) is 4.22. The first-order valence-electron chi connectivity index (χ1n) is 4.22. The summed E-state index contributed by atoms with van der Waals surface area (Å²) in [6.07, 6.45) is 0. The molecule has 0 saturated heterocycles. The molecule has 0 aliphatic rings. The highest BCUT2D eigenvalue weighted by atomic mass is 16.9. The van der Waals surface area contributed by atoms with E-state index in [9.17, 15) is 4.79 Å². The Hall–Kier alpha value is -2.84. The Bertz CT molecular complexity index is 398. The standard InChI is InChI=1S/C8H10N4O.H2NO3/c9-7(10)12-8(13)11-6-4-2-1-3-5-6;2-1(3)4/h1-5H,(H5,9,10,11,12,13);(H2,2,3,4)/q;+1. The van der Waals surface area contributed by atoms with Crippen LogP contribution in [0, 0.1) is 4.91 Å². The van der Waals surface area contributed by atoms with E-state index in [1.54, 1.807) is 24.3 Å². The number of carbonyl (C=O) groups excluding carboxylic acids is 1. The Morgan fingerprint density at radius 3 is 2.12 bits per heavy atom. The highest BCUT2D eigenvalue weighted by molar-refractivity contribution is 5.97. The molecule has 0 spiro atoms. The SMILES string of the molecule is NC(N)=NC(=O)Nc1ccccc1.O=[N+](O)O. The summed E-state index contributed by atoms with van der Waals surface area (Å²) in [5.74, 6) is -0.256. The lowest BCUT2D eigenvalue weighted by Crippen LogP contribution is -2.25. The molecule has 17 heavy (non-hydrogen) atoms. The van der Waals surface area contributed by atoms with Gasteiger partial charge in [-0.1, -0.05) is 18.2 Å². The number of urea groups is 1. The lowest BCUT2D eigenvalue weighted by atomic mass is 10.3. The minimum atomic E-state index is -1.25. The van der Waals surface area contributed by atoms with Gasteiger partial charge in [-0.3, -0.25) is 0 Å². The van der Waals surface area contributed by atoms with E-state index in [0.29, 0.717) is 5.69 Å². The van der Waals surface area contributed by atoms with Crippen LogP contribution in [0.4, 0.5) is 10.5 Å². The lowest BCUT2D eigenvalue weighted by molar-refractivity contribution is -0.969. The molecule has 9 heteroatoms. The maximum absolute atomic E-state index is 11.0. The van der Waals surface area contributed by atoms with Crippen LogP contribution in [0.3, 0.4) is 0 Å². The fourth-order valence-electron chi connectivity index (χ4n) is 0.790. The van der Waals surface area contributed by atoms with Crippen molar-refractivity contribution in [2.24, 2.45) is 16.5 Å². The zero-order valence-electron chi connectivity index (χ0n) is 8.65. The lowest BCUT2D eigenvalue weighted by Gasteiger charge is -1.99. The quantitative estimate of drug-likeness (QED) is 0.266. The number of nitrogens with two attached hydrogens (primary N) is 2. The molecule has 0 heterocycles. The van der Waals surface area contributed by atoms with Gasteiger partial charge in [0.1, 0.15) is 4.91 Å². The number of nitrogens with one attached hydrogen (secondary N) is 1. The van der Waals surface area contributed by atoms with Crippen molar-refractivity contribution >= 4 is 17.7 Å². The van der Waals surface area contributed by atoms with Gasteiger partial charge in [0.05, 0.1) is 0 Å². The van der Waals surface area contributed by atoms with Gasteiger partial charge in [-0.25, -0.2) is 15.2 Å². The second-order valence-corrected chi connectivity index (χ2v) is 2.59. The van der Waals surface area contributed by atoms with Crippen molar-refractivity contribution in [2.45, 2.75) is 0 Å². The topological polar surface area (TPSA) is 154 Å². The number of hydrogen-bond donors (Lipinski definition) is 5. The summed E-state index contributed by atoms with van der Waals surface area (Å²) >= 11 is 0. The number of hydrogen-bond acceptors (Lipinski definition) is 2. The molecule has 0 saturated carbocycles. The smallest absolute Gasteiger partial charge is 0.370 e. The number of nitrogens with zero attached hydrogens (tertiary/aromatic N) is 2. The van der Waals surface area contributed by atoms with Crippen LogP contribution in [0.15, 0.2) is 35.3 Å². The monoisotopic (exact) mass is 242 g/mol. The Morgan fingerprint density at radius 1 is 1.24 bits per heavy atom. The molecule has 1 aromatic rings.